The molecule has 0 unspecified atom stereocenters. The molecular weight excluding hydrogens is 342 g/mol. The van der Waals surface area contributed by atoms with E-state index < -0.39 is 5.41 Å². The Morgan fingerprint density at radius 3 is 2.26 bits per heavy atom. The number of ether oxygens (including phenoxy) is 1. The van der Waals surface area contributed by atoms with Crippen molar-refractivity contribution < 1.29 is 14.3 Å². The van der Waals surface area contributed by atoms with E-state index in [1.165, 1.54) is 0 Å². The third kappa shape index (κ3) is 3.89. The predicted molar refractivity (Wildman–Crippen MR) is 105 cm³/mol. The van der Waals surface area contributed by atoms with Crippen LogP contribution in [0.1, 0.15) is 36.8 Å². The van der Waals surface area contributed by atoms with E-state index in [9.17, 15) is 9.59 Å². The highest BCUT2D eigenvalue weighted by molar-refractivity contribution is 5.99. The van der Waals surface area contributed by atoms with E-state index in [1.54, 1.807) is 7.11 Å². The van der Waals surface area contributed by atoms with Crippen LogP contribution in [0.3, 0.4) is 0 Å². The zero-order valence-corrected chi connectivity index (χ0v) is 16.7. The number of aromatic nitrogens is 1. The Morgan fingerprint density at radius 1 is 1.04 bits per heavy atom. The van der Waals surface area contributed by atoms with Crippen LogP contribution in [0.4, 0.5) is 0 Å². The highest BCUT2D eigenvalue weighted by Crippen LogP contribution is 2.23. The summed E-state index contributed by atoms with van der Waals surface area (Å²) < 4.78 is 5.24. The largest absolute Gasteiger partial charge is 0.497 e. The van der Waals surface area contributed by atoms with E-state index in [0.717, 1.165) is 16.7 Å². The number of amides is 2. The minimum absolute atomic E-state index is 0.0272. The molecule has 1 fully saturated rings. The number of aryl methyl sites for hydroxylation is 1. The van der Waals surface area contributed by atoms with Crippen LogP contribution in [-0.2, 0) is 4.79 Å². The van der Waals surface area contributed by atoms with Gasteiger partial charge in [0.2, 0.25) is 5.91 Å². The van der Waals surface area contributed by atoms with E-state index in [1.807, 2.05) is 61.8 Å². The first-order chi connectivity index (χ1) is 12.7. The number of carbonyl (C=O) groups is 2. The number of rotatable bonds is 2. The summed E-state index contributed by atoms with van der Waals surface area (Å²) >= 11 is 0. The van der Waals surface area contributed by atoms with Crippen molar-refractivity contribution in [2.24, 2.45) is 5.41 Å². The molecule has 3 rings (SSSR count). The van der Waals surface area contributed by atoms with Crippen molar-refractivity contribution in [3.63, 3.8) is 0 Å². The number of nitrogens with zero attached hydrogens (tertiary/aromatic N) is 3. The number of methoxy groups -OCH3 is 1. The first kappa shape index (κ1) is 19.1. The van der Waals surface area contributed by atoms with E-state index in [4.69, 9.17) is 4.74 Å². The molecule has 1 saturated heterocycles. The Bertz CT molecular complexity index is 878. The zero-order valence-electron chi connectivity index (χ0n) is 16.7. The lowest BCUT2D eigenvalue weighted by molar-refractivity contribution is -0.140. The van der Waals surface area contributed by atoms with Gasteiger partial charge in [-0.1, -0.05) is 20.8 Å². The lowest BCUT2D eigenvalue weighted by atomic mass is 9.94. The Balaban J connectivity index is 1.77. The van der Waals surface area contributed by atoms with Crippen molar-refractivity contribution in [1.82, 2.24) is 14.8 Å². The van der Waals surface area contributed by atoms with Crippen molar-refractivity contribution in [2.45, 2.75) is 27.7 Å². The molecule has 1 aromatic carbocycles. The number of carbonyl (C=O) groups excluding carboxylic acids is 2. The van der Waals surface area contributed by atoms with Crippen molar-refractivity contribution in [2.75, 3.05) is 33.3 Å². The van der Waals surface area contributed by atoms with Crippen LogP contribution in [-0.4, -0.2) is 59.9 Å². The summed E-state index contributed by atoms with van der Waals surface area (Å²) in [5.41, 5.74) is 1.73. The molecule has 0 aliphatic carbocycles. The van der Waals surface area contributed by atoms with Crippen molar-refractivity contribution >= 4 is 22.7 Å². The molecule has 2 aromatic rings. The average molecular weight is 369 g/mol. The Labute approximate surface area is 160 Å². The molecule has 27 heavy (non-hydrogen) atoms. The third-order valence-corrected chi connectivity index (χ3v) is 4.94. The van der Waals surface area contributed by atoms with Gasteiger partial charge in [0, 0.05) is 43.0 Å². The molecule has 6 nitrogen and oxygen atoms in total. The van der Waals surface area contributed by atoms with Gasteiger partial charge in [-0.05, 0) is 25.1 Å². The van der Waals surface area contributed by atoms with Gasteiger partial charge in [-0.25, -0.2) is 0 Å². The van der Waals surface area contributed by atoms with Gasteiger partial charge >= 0.3 is 0 Å². The molecule has 2 heterocycles. The summed E-state index contributed by atoms with van der Waals surface area (Å²) in [5, 5.41) is 0.909. The predicted octanol–water partition coefficient (Wildman–Crippen LogP) is 2.88. The molecule has 1 aliphatic heterocycles. The monoisotopic (exact) mass is 369 g/mol. The van der Waals surface area contributed by atoms with E-state index in [2.05, 4.69) is 4.98 Å². The van der Waals surface area contributed by atoms with Crippen LogP contribution in [0.5, 0.6) is 5.75 Å². The normalized spacial score (nSPS) is 15.1. The molecule has 6 heteroatoms. The maximum Gasteiger partial charge on any atom is 0.255 e. The molecule has 1 aliphatic rings. The number of hydrogen-bond acceptors (Lipinski definition) is 4. The van der Waals surface area contributed by atoms with Gasteiger partial charge < -0.3 is 14.5 Å². The van der Waals surface area contributed by atoms with E-state index in [-0.39, 0.29) is 11.8 Å². The molecule has 0 saturated carbocycles. The second-order valence-corrected chi connectivity index (χ2v) is 8.01. The first-order valence-electron chi connectivity index (χ1n) is 9.25. The highest BCUT2D eigenvalue weighted by Gasteiger charge is 2.31. The van der Waals surface area contributed by atoms with Crippen LogP contribution >= 0.6 is 0 Å². The number of benzene rings is 1. The molecule has 2 amide bonds. The van der Waals surface area contributed by atoms with Gasteiger partial charge in [-0.15, -0.1) is 0 Å². The van der Waals surface area contributed by atoms with Gasteiger partial charge in [0.15, 0.2) is 0 Å². The third-order valence-electron chi connectivity index (χ3n) is 4.94. The summed E-state index contributed by atoms with van der Waals surface area (Å²) in [6.07, 6.45) is 0. The van der Waals surface area contributed by atoms with Crippen LogP contribution in [0.25, 0.3) is 10.9 Å². The topological polar surface area (TPSA) is 62.7 Å². The van der Waals surface area contributed by atoms with Crippen LogP contribution in [0, 0.1) is 12.3 Å². The smallest absolute Gasteiger partial charge is 0.255 e. The van der Waals surface area contributed by atoms with Gasteiger partial charge in [0.25, 0.3) is 5.91 Å². The minimum Gasteiger partial charge on any atom is -0.497 e. The zero-order chi connectivity index (χ0) is 19.8. The quantitative estimate of drug-likeness (QED) is 0.817. The summed E-state index contributed by atoms with van der Waals surface area (Å²) in [6, 6.07) is 7.54. The summed E-state index contributed by atoms with van der Waals surface area (Å²) in [4.78, 5) is 33.7. The fraction of sp³-hybridized carbons (Fsp3) is 0.476. The second kappa shape index (κ2) is 7.18. The second-order valence-electron chi connectivity index (χ2n) is 8.01. The number of piperazine rings is 1. The van der Waals surface area contributed by atoms with Crippen molar-refractivity contribution in [3.05, 3.63) is 35.5 Å². The van der Waals surface area contributed by atoms with Crippen LogP contribution < -0.4 is 4.74 Å². The first-order valence-corrected chi connectivity index (χ1v) is 9.25. The lowest BCUT2D eigenvalue weighted by Crippen LogP contribution is -2.53. The van der Waals surface area contributed by atoms with Crippen molar-refractivity contribution in [1.29, 1.82) is 0 Å². The number of fused-ring (bicyclic) bond motifs is 1. The van der Waals surface area contributed by atoms with Gasteiger partial charge in [0.05, 0.1) is 23.9 Å². The summed E-state index contributed by atoms with van der Waals surface area (Å²) in [7, 11) is 1.62. The average Bonchev–Trinajstić information content (AvgIpc) is 2.65. The Morgan fingerprint density at radius 2 is 1.67 bits per heavy atom. The molecule has 0 atom stereocenters. The summed E-state index contributed by atoms with van der Waals surface area (Å²) in [6.45, 7) is 9.84. The molecule has 0 radical (unpaired) electrons. The van der Waals surface area contributed by atoms with Gasteiger partial charge in [-0.2, -0.15) is 0 Å². The molecule has 144 valence electrons. The maximum absolute atomic E-state index is 13.0. The van der Waals surface area contributed by atoms with E-state index in [0.29, 0.717) is 37.4 Å². The maximum atomic E-state index is 13.0. The molecule has 1 aromatic heterocycles. The molecule has 0 spiro atoms. The Hall–Kier alpha value is -2.63. The highest BCUT2D eigenvalue weighted by atomic mass is 16.5. The lowest BCUT2D eigenvalue weighted by Gasteiger charge is -2.37. The molecular formula is C21H27N3O3. The van der Waals surface area contributed by atoms with Crippen LogP contribution in [0.15, 0.2) is 24.3 Å². The van der Waals surface area contributed by atoms with Gasteiger partial charge in [0.1, 0.15) is 5.75 Å². The van der Waals surface area contributed by atoms with Crippen molar-refractivity contribution in [3.8, 4) is 5.75 Å². The standard InChI is InChI=1S/C21H27N3O3/c1-14-17(12-15-6-7-16(27-5)13-18(15)22-14)19(25)23-8-10-24(11-9-23)20(26)21(2,3)4/h6-7,12-13H,8-11H2,1-5H3. The van der Waals surface area contributed by atoms with E-state index >= 15 is 0 Å². The Kier molecular flexibility index (Phi) is 5.09. The fourth-order valence-corrected chi connectivity index (χ4v) is 3.34. The number of pyridine rings is 1. The summed E-state index contributed by atoms with van der Waals surface area (Å²) in [5.74, 6) is 0.848. The molecule has 0 N–H and O–H groups in total. The SMILES string of the molecule is COc1ccc2cc(C(=O)N3CCN(C(=O)C(C)(C)C)CC3)c(C)nc2c1. The number of hydrogen-bond donors (Lipinski definition) is 0. The fourth-order valence-electron chi connectivity index (χ4n) is 3.34. The molecule has 0 bridgehead atoms. The minimum atomic E-state index is -0.397. The van der Waals surface area contributed by atoms with Crippen LogP contribution in [0.2, 0.25) is 0 Å². The van der Waals surface area contributed by atoms with Gasteiger partial charge in [-0.3, -0.25) is 14.6 Å².